The molecule has 0 bridgehead atoms. The molecule has 134 valence electrons. The average Bonchev–Trinajstić information content (AvgIpc) is 3.12. The van der Waals surface area contributed by atoms with Crippen LogP contribution < -0.4 is 10.9 Å². The van der Waals surface area contributed by atoms with Crippen molar-refractivity contribution in [1.29, 1.82) is 0 Å². The van der Waals surface area contributed by atoms with Gasteiger partial charge in [-0.25, -0.2) is 14.2 Å². The van der Waals surface area contributed by atoms with E-state index in [2.05, 4.69) is 15.0 Å². The zero-order chi connectivity index (χ0) is 18.7. The smallest absolute Gasteiger partial charge is 0.337 e. The van der Waals surface area contributed by atoms with Gasteiger partial charge in [0.15, 0.2) is 0 Å². The summed E-state index contributed by atoms with van der Waals surface area (Å²) in [7, 11) is 1.21. The van der Waals surface area contributed by atoms with Gasteiger partial charge in [-0.2, -0.15) is 0 Å². The molecule has 0 saturated heterocycles. The molecule has 0 aliphatic heterocycles. The molecule has 1 aromatic carbocycles. The second kappa shape index (κ2) is 7.44. The number of nitrogens with one attached hydrogen (secondary N) is 1. The maximum absolute atomic E-state index is 13.8. The summed E-state index contributed by atoms with van der Waals surface area (Å²) in [5.41, 5.74) is -0.243. The molecule has 2 aromatic heterocycles. The highest BCUT2D eigenvalue weighted by Crippen LogP contribution is 2.17. The molecule has 1 N–H and O–H groups in total. The number of ether oxygens (including phenoxy) is 1. The fourth-order valence-electron chi connectivity index (χ4n) is 2.35. The van der Waals surface area contributed by atoms with Crippen LogP contribution in [0.3, 0.4) is 0 Å². The molecule has 1 amide bonds. The summed E-state index contributed by atoms with van der Waals surface area (Å²) in [6, 6.07) is 5.21. The molecular formula is C17H14FN3O4S. The van der Waals surface area contributed by atoms with Crippen LogP contribution in [-0.2, 0) is 16.1 Å². The minimum atomic E-state index is -0.676. The van der Waals surface area contributed by atoms with Gasteiger partial charge in [-0.05, 0) is 29.6 Å². The van der Waals surface area contributed by atoms with E-state index in [1.807, 2.05) is 0 Å². The normalized spacial score (nSPS) is 10.7. The molecule has 0 aliphatic carbocycles. The van der Waals surface area contributed by atoms with Crippen molar-refractivity contribution in [1.82, 2.24) is 9.55 Å². The van der Waals surface area contributed by atoms with Gasteiger partial charge in [0.05, 0.1) is 30.1 Å². The van der Waals surface area contributed by atoms with Crippen LogP contribution in [-0.4, -0.2) is 28.5 Å². The Morgan fingerprint density at radius 2 is 2.15 bits per heavy atom. The second-order valence-corrected chi connectivity index (χ2v) is 6.26. The molecule has 0 radical (unpaired) electrons. The van der Waals surface area contributed by atoms with E-state index in [9.17, 15) is 18.8 Å². The van der Waals surface area contributed by atoms with Gasteiger partial charge in [-0.15, -0.1) is 11.3 Å². The van der Waals surface area contributed by atoms with Crippen molar-refractivity contribution in [3.63, 3.8) is 0 Å². The summed E-state index contributed by atoms with van der Waals surface area (Å²) >= 11 is 1.36. The van der Waals surface area contributed by atoms with E-state index in [0.29, 0.717) is 10.2 Å². The van der Waals surface area contributed by atoms with E-state index in [4.69, 9.17) is 0 Å². The van der Waals surface area contributed by atoms with Gasteiger partial charge in [0, 0.05) is 13.0 Å². The van der Waals surface area contributed by atoms with Gasteiger partial charge in [0.25, 0.3) is 5.56 Å². The topological polar surface area (TPSA) is 90.3 Å². The van der Waals surface area contributed by atoms with Crippen LogP contribution >= 0.6 is 11.3 Å². The SMILES string of the molecule is COC(=O)c1ccc(F)c(NC(=O)CCn2cnc3sccc3c2=O)c1. The number of anilines is 1. The predicted octanol–water partition coefficient (Wildman–Crippen LogP) is 2.41. The molecule has 3 aromatic rings. The van der Waals surface area contributed by atoms with Crippen molar-refractivity contribution < 1.29 is 18.7 Å². The molecule has 26 heavy (non-hydrogen) atoms. The summed E-state index contributed by atoms with van der Waals surface area (Å²) in [5.74, 6) is -1.81. The minimum absolute atomic E-state index is 0.0564. The van der Waals surface area contributed by atoms with Crippen LogP contribution in [0.15, 0.2) is 40.8 Å². The highest BCUT2D eigenvalue weighted by atomic mass is 32.1. The van der Waals surface area contributed by atoms with E-state index in [0.717, 1.165) is 6.07 Å². The number of hydrogen-bond donors (Lipinski definition) is 1. The Morgan fingerprint density at radius 3 is 2.92 bits per heavy atom. The Bertz CT molecular complexity index is 1040. The van der Waals surface area contributed by atoms with Crippen molar-refractivity contribution in [3.05, 3.63) is 57.7 Å². The largest absolute Gasteiger partial charge is 0.465 e. The molecule has 0 atom stereocenters. The molecule has 0 spiro atoms. The summed E-state index contributed by atoms with van der Waals surface area (Å²) in [4.78, 5) is 40.6. The number of carbonyl (C=O) groups is 2. The third-order valence-electron chi connectivity index (χ3n) is 3.69. The summed E-state index contributed by atoms with van der Waals surface area (Å²) in [6.07, 6.45) is 1.33. The quantitative estimate of drug-likeness (QED) is 0.692. The predicted molar refractivity (Wildman–Crippen MR) is 94.9 cm³/mol. The summed E-state index contributed by atoms with van der Waals surface area (Å²) < 4.78 is 19.7. The third kappa shape index (κ3) is 3.62. The maximum atomic E-state index is 13.8. The standard InChI is InChI=1S/C17H14FN3O4S/c1-25-17(24)10-2-3-12(18)13(8-10)20-14(22)4-6-21-9-19-15-11(16(21)23)5-7-26-15/h2-3,5,7-9H,4,6H2,1H3,(H,20,22). The number of aromatic nitrogens is 2. The number of methoxy groups -OCH3 is 1. The Hall–Kier alpha value is -3.07. The minimum Gasteiger partial charge on any atom is -0.465 e. The number of aryl methyl sites for hydroxylation is 1. The number of nitrogens with zero attached hydrogens (tertiary/aromatic N) is 2. The average molecular weight is 375 g/mol. The van der Waals surface area contributed by atoms with Gasteiger partial charge < -0.3 is 10.1 Å². The van der Waals surface area contributed by atoms with Crippen LogP contribution in [0, 0.1) is 5.82 Å². The van der Waals surface area contributed by atoms with Crippen molar-refractivity contribution in [3.8, 4) is 0 Å². The first kappa shape index (κ1) is 17.7. The summed E-state index contributed by atoms with van der Waals surface area (Å²) in [6.45, 7) is 0.0990. The molecule has 0 saturated carbocycles. The highest BCUT2D eigenvalue weighted by Gasteiger charge is 2.13. The van der Waals surface area contributed by atoms with E-state index in [1.54, 1.807) is 11.4 Å². The summed E-state index contributed by atoms with van der Waals surface area (Å²) in [5, 5.41) is 4.66. The van der Waals surface area contributed by atoms with Crippen LogP contribution in [0.5, 0.6) is 0 Å². The first-order valence-corrected chi connectivity index (χ1v) is 8.48. The van der Waals surface area contributed by atoms with Crippen LogP contribution in [0.25, 0.3) is 10.2 Å². The van der Waals surface area contributed by atoms with Gasteiger partial charge in [-0.3, -0.25) is 14.2 Å². The Kier molecular flexibility index (Phi) is 5.08. The molecule has 2 heterocycles. The lowest BCUT2D eigenvalue weighted by Gasteiger charge is -2.09. The number of esters is 1. The number of halogens is 1. The lowest BCUT2D eigenvalue weighted by molar-refractivity contribution is -0.116. The first-order chi connectivity index (χ1) is 12.5. The first-order valence-electron chi connectivity index (χ1n) is 7.60. The van der Waals surface area contributed by atoms with Crippen LogP contribution in [0.4, 0.5) is 10.1 Å². The van der Waals surface area contributed by atoms with E-state index >= 15 is 0 Å². The maximum Gasteiger partial charge on any atom is 0.337 e. The number of benzene rings is 1. The molecule has 0 unspecified atom stereocenters. The van der Waals surface area contributed by atoms with Crippen molar-refractivity contribution in [2.75, 3.05) is 12.4 Å². The second-order valence-electron chi connectivity index (χ2n) is 5.37. The lowest BCUT2D eigenvalue weighted by atomic mass is 10.2. The Balaban J connectivity index is 1.70. The molecule has 3 rings (SSSR count). The van der Waals surface area contributed by atoms with Crippen LogP contribution in [0.2, 0.25) is 0 Å². The van der Waals surface area contributed by atoms with Crippen LogP contribution in [0.1, 0.15) is 16.8 Å². The van der Waals surface area contributed by atoms with Crippen molar-refractivity contribution >= 4 is 39.1 Å². The van der Waals surface area contributed by atoms with E-state index in [-0.39, 0.29) is 29.8 Å². The fraction of sp³-hybridized carbons (Fsp3) is 0.176. The number of amides is 1. The number of rotatable bonds is 5. The Labute approximate surface area is 151 Å². The van der Waals surface area contributed by atoms with Crippen molar-refractivity contribution in [2.24, 2.45) is 0 Å². The van der Waals surface area contributed by atoms with Gasteiger partial charge in [0.2, 0.25) is 5.91 Å². The van der Waals surface area contributed by atoms with Gasteiger partial charge in [-0.1, -0.05) is 0 Å². The highest BCUT2D eigenvalue weighted by molar-refractivity contribution is 7.16. The van der Waals surface area contributed by atoms with Crippen molar-refractivity contribution in [2.45, 2.75) is 13.0 Å². The number of hydrogen-bond acceptors (Lipinski definition) is 6. The number of thiophene rings is 1. The third-order valence-corrected chi connectivity index (χ3v) is 4.51. The molecule has 9 heteroatoms. The van der Waals surface area contributed by atoms with Gasteiger partial charge in [0.1, 0.15) is 10.6 Å². The van der Waals surface area contributed by atoms with E-state index in [1.165, 1.54) is 41.5 Å². The molecule has 0 fully saturated rings. The van der Waals surface area contributed by atoms with Gasteiger partial charge >= 0.3 is 5.97 Å². The zero-order valence-electron chi connectivity index (χ0n) is 13.7. The zero-order valence-corrected chi connectivity index (χ0v) is 14.5. The molecule has 7 nitrogen and oxygen atoms in total. The monoisotopic (exact) mass is 375 g/mol. The molecule has 0 aliphatic rings. The number of carbonyl (C=O) groups excluding carboxylic acids is 2. The lowest BCUT2D eigenvalue weighted by Crippen LogP contribution is -2.23. The fourth-order valence-corrected chi connectivity index (χ4v) is 3.08. The molecular weight excluding hydrogens is 361 g/mol. The van der Waals surface area contributed by atoms with E-state index < -0.39 is 17.7 Å². The number of fused-ring (bicyclic) bond motifs is 1. The Morgan fingerprint density at radius 1 is 1.35 bits per heavy atom.